The maximum atomic E-state index is 9.60. The van der Waals surface area contributed by atoms with E-state index in [0.717, 1.165) is 47.0 Å². The van der Waals surface area contributed by atoms with Crippen molar-refractivity contribution in [2.24, 2.45) is 0 Å². The molecule has 0 saturated heterocycles. The summed E-state index contributed by atoms with van der Waals surface area (Å²) in [5.74, 6) is -5.47. The van der Waals surface area contributed by atoms with Crippen LogP contribution in [-0.4, -0.2) is 77.5 Å². The van der Waals surface area contributed by atoms with Crippen molar-refractivity contribution >= 4 is 41.8 Å². The second-order valence-electron chi connectivity index (χ2n) is 5.51. The van der Waals surface area contributed by atoms with Crippen molar-refractivity contribution < 1.29 is 69.3 Å². The van der Waals surface area contributed by atoms with E-state index >= 15 is 0 Å². The number of carbonyl (C=O) groups is 7. The molecular weight excluding hydrogens is 464 g/mol. The molecule has 0 fully saturated rings. The summed E-state index contributed by atoms with van der Waals surface area (Å²) in [4.78, 5) is 64.8. The lowest BCUT2D eigenvalue weighted by Gasteiger charge is -1.79. The van der Waals surface area contributed by atoms with Gasteiger partial charge in [0.25, 0.3) is 23.9 Å². The summed E-state index contributed by atoms with van der Waals surface area (Å²) in [7, 11) is 0. The topological polar surface area (TPSA) is 261 Å². The lowest BCUT2D eigenvalue weighted by Crippen LogP contribution is -1.90. The fourth-order valence-electron chi connectivity index (χ4n) is 0.642. The SMILES string of the molecule is CC(=O)O.CC(=O)O.CC(=O)O.CC(=O)O.CCCC(=O)O.CCCC(=O)O.CCCC(=O)O. The highest BCUT2D eigenvalue weighted by atomic mass is 16.4. The molecule has 0 aromatic heterocycles. The fraction of sp³-hybridized carbons (Fsp3) is 0.650. The third-order valence-corrected chi connectivity index (χ3v) is 1.39. The summed E-state index contributed by atoms with van der Waals surface area (Å²) in [6.07, 6.45) is 3.07. The molecule has 0 aliphatic heterocycles. The monoisotopic (exact) mass is 504 g/mol. The van der Waals surface area contributed by atoms with Crippen LogP contribution in [0.1, 0.15) is 87.0 Å². The first-order valence-corrected chi connectivity index (χ1v) is 9.68. The van der Waals surface area contributed by atoms with Crippen molar-refractivity contribution in [3.63, 3.8) is 0 Å². The van der Waals surface area contributed by atoms with E-state index in [-0.39, 0.29) is 0 Å². The van der Waals surface area contributed by atoms with E-state index in [9.17, 15) is 14.4 Å². The van der Waals surface area contributed by atoms with Gasteiger partial charge in [0, 0.05) is 47.0 Å². The predicted octanol–water partition coefficient (Wildman–Crippen LogP) is 2.98. The normalized spacial score (nSPS) is 7.26. The number of hydrogen-bond acceptors (Lipinski definition) is 7. The van der Waals surface area contributed by atoms with Crippen molar-refractivity contribution in [3.8, 4) is 0 Å². The Hall–Kier alpha value is -3.71. The molecule has 0 bridgehead atoms. The average Bonchev–Trinajstić information content (AvgIpc) is 2.53. The van der Waals surface area contributed by atoms with Gasteiger partial charge in [-0.15, -0.1) is 0 Å². The zero-order chi connectivity index (χ0) is 29.3. The van der Waals surface area contributed by atoms with Gasteiger partial charge in [-0.25, -0.2) is 0 Å². The van der Waals surface area contributed by atoms with E-state index in [4.69, 9.17) is 54.9 Å². The summed E-state index contributed by atoms with van der Waals surface area (Å²) in [5.41, 5.74) is 0. The van der Waals surface area contributed by atoms with Gasteiger partial charge >= 0.3 is 17.9 Å². The molecule has 204 valence electrons. The maximum absolute atomic E-state index is 9.60. The second kappa shape index (κ2) is 43.2. The van der Waals surface area contributed by atoms with E-state index in [0.29, 0.717) is 19.3 Å². The van der Waals surface area contributed by atoms with Crippen LogP contribution in [0.4, 0.5) is 0 Å². The highest BCUT2D eigenvalue weighted by Crippen LogP contribution is 1.83. The average molecular weight is 505 g/mol. The summed E-state index contributed by atoms with van der Waals surface area (Å²) in [6.45, 7) is 9.86. The molecule has 7 N–H and O–H groups in total. The molecule has 0 aliphatic carbocycles. The first-order chi connectivity index (χ1) is 15.2. The Morgan fingerprint density at radius 2 is 0.471 bits per heavy atom. The van der Waals surface area contributed by atoms with Crippen LogP contribution in [-0.2, 0) is 33.6 Å². The van der Waals surface area contributed by atoms with Gasteiger partial charge < -0.3 is 35.7 Å². The van der Waals surface area contributed by atoms with Gasteiger partial charge in [0.2, 0.25) is 0 Å². The van der Waals surface area contributed by atoms with Crippen molar-refractivity contribution in [2.45, 2.75) is 87.0 Å². The van der Waals surface area contributed by atoms with Crippen molar-refractivity contribution in [2.75, 3.05) is 0 Å². The van der Waals surface area contributed by atoms with E-state index in [1.165, 1.54) is 0 Å². The van der Waals surface area contributed by atoms with Crippen LogP contribution >= 0.6 is 0 Å². The molecule has 0 unspecified atom stereocenters. The Labute approximate surface area is 198 Å². The zero-order valence-electron chi connectivity index (χ0n) is 20.7. The molecule has 0 saturated carbocycles. The van der Waals surface area contributed by atoms with Gasteiger partial charge in [0.1, 0.15) is 0 Å². The molecular formula is C20H40O14. The minimum absolute atomic E-state index is 0.292. The van der Waals surface area contributed by atoms with E-state index in [1.807, 2.05) is 20.8 Å². The van der Waals surface area contributed by atoms with Crippen LogP contribution in [0.2, 0.25) is 0 Å². The Morgan fingerprint density at radius 3 is 0.471 bits per heavy atom. The standard InChI is InChI=1S/3C4H8O2.4C2H4O2/c3*1-2-3-4(5)6;4*1-2(3)4/h3*2-3H2,1H3,(H,5,6);4*1H3,(H,3,4). The summed E-state index contributed by atoms with van der Waals surface area (Å²) >= 11 is 0. The minimum Gasteiger partial charge on any atom is -0.481 e. The molecule has 0 atom stereocenters. The highest BCUT2D eigenvalue weighted by molar-refractivity contribution is 5.67. The molecule has 0 aromatic carbocycles. The number of hydrogen-bond donors (Lipinski definition) is 7. The van der Waals surface area contributed by atoms with E-state index < -0.39 is 41.8 Å². The molecule has 0 aromatic rings. The lowest BCUT2D eigenvalue weighted by molar-refractivity contribution is -0.138. The smallest absolute Gasteiger partial charge is 0.303 e. The van der Waals surface area contributed by atoms with Crippen LogP contribution in [0.3, 0.4) is 0 Å². The number of carboxylic acid groups (broad SMARTS) is 7. The molecule has 0 rings (SSSR count). The summed E-state index contributed by atoms with van der Waals surface area (Å²) in [5, 5.41) is 53.4. The maximum Gasteiger partial charge on any atom is 0.303 e. The molecule has 0 heterocycles. The molecule has 0 aliphatic rings. The number of rotatable bonds is 6. The highest BCUT2D eigenvalue weighted by Gasteiger charge is 1.88. The summed E-state index contributed by atoms with van der Waals surface area (Å²) in [6, 6.07) is 0. The van der Waals surface area contributed by atoms with Gasteiger partial charge in [-0.3, -0.25) is 33.6 Å². The Balaban J connectivity index is -0.0000000505. The van der Waals surface area contributed by atoms with Crippen LogP contribution in [0.15, 0.2) is 0 Å². The van der Waals surface area contributed by atoms with Gasteiger partial charge in [0.05, 0.1) is 0 Å². The number of aliphatic carboxylic acids is 7. The molecule has 0 amide bonds. The molecule has 14 heteroatoms. The van der Waals surface area contributed by atoms with Crippen LogP contribution in [0.25, 0.3) is 0 Å². The van der Waals surface area contributed by atoms with Gasteiger partial charge in [-0.1, -0.05) is 20.8 Å². The minimum atomic E-state index is -0.833. The van der Waals surface area contributed by atoms with Crippen LogP contribution in [0.5, 0.6) is 0 Å². The third-order valence-electron chi connectivity index (χ3n) is 1.39. The first kappa shape index (κ1) is 47.9. The Bertz CT molecular complexity index is 439. The van der Waals surface area contributed by atoms with Crippen molar-refractivity contribution in [1.82, 2.24) is 0 Å². The third kappa shape index (κ3) is 753. The molecule has 0 radical (unpaired) electrons. The van der Waals surface area contributed by atoms with Gasteiger partial charge in [0.15, 0.2) is 0 Å². The van der Waals surface area contributed by atoms with Crippen LogP contribution < -0.4 is 0 Å². The van der Waals surface area contributed by atoms with Gasteiger partial charge in [-0.05, 0) is 19.3 Å². The molecule has 14 nitrogen and oxygen atoms in total. The quantitative estimate of drug-likeness (QED) is 0.274. The second-order valence-corrected chi connectivity index (χ2v) is 5.51. The predicted molar refractivity (Wildman–Crippen MR) is 121 cm³/mol. The van der Waals surface area contributed by atoms with Crippen LogP contribution in [0, 0.1) is 0 Å². The van der Waals surface area contributed by atoms with Crippen molar-refractivity contribution in [1.29, 1.82) is 0 Å². The lowest BCUT2D eigenvalue weighted by atomic mass is 10.4. The van der Waals surface area contributed by atoms with E-state index in [2.05, 4.69) is 0 Å². The largest absolute Gasteiger partial charge is 0.481 e. The Morgan fingerprint density at radius 1 is 0.382 bits per heavy atom. The Kier molecular flexibility index (Phi) is 60.9. The molecule has 34 heavy (non-hydrogen) atoms. The molecule has 0 spiro atoms. The zero-order valence-corrected chi connectivity index (χ0v) is 20.7. The van der Waals surface area contributed by atoms with E-state index in [1.54, 1.807) is 0 Å². The van der Waals surface area contributed by atoms with Crippen molar-refractivity contribution in [3.05, 3.63) is 0 Å². The first-order valence-electron chi connectivity index (χ1n) is 9.68. The van der Waals surface area contributed by atoms with Gasteiger partial charge in [-0.2, -0.15) is 0 Å². The fourth-order valence-corrected chi connectivity index (χ4v) is 0.642. The number of carboxylic acids is 7. The summed E-state index contributed by atoms with van der Waals surface area (Å²) < 4.78 is 0.